The predicted octanol–water partition coefficient (Wildman–Crippen LogP) is 2.26. The van der Waals surface area contributed by atoms with E-state index in [4.69, 9.17) is 0 Å². The van der Waals surface area contributed by atoms with Crippen LogP contribution in [0.2, 0.25) is 0 Å². The van der Waals surface area contributed by atoms with Crippen molar-refractivity contribution in [3.05, 3.63) is 47.8 Å². The molecule has 5 heteroatoms. The van der Waals surface area contributed by atoms with E-state index in [0.717, 1.165) is 23.4 Å². The van der Waals surface area contributed by atoms with E-state index in [1.165, 1.54) is 0 Å². The van der Waals surface area contributed by atoms with Crippen molar-refractivity contribution >= 4 is 11.7 Å². The third kappa shape index (κ3) is 3.17. The largest absolute Gasteiger partial charge is 0.481 e. The SMILES string of the molecule is CCc1nn(C)cc1NCC(C(=O)O)c1ccccc1. The molecule has 0 aliphatic carbocycles. The number of aromatic nitrogens is 2. The third-order valence-corrected chi connectivity index (χ3v) is 3.24. The van der Waals surface area contributed by atoms with Gasteiger partial charge in [0.15, 0.2) is 0 Å². The Morgan fingerprint density at radius 3 is 2.70 bits per heavy atom. The summed E-state index contributed by atoms with van der Waals surface area (Å²) in [5, 5.41) is 16.9. The minimum absolute atomic E-state index is 0.345. The summed E-state index contributed by atoms with van der Waals surface area (Å²) in [6.07, 6.45) is 2.69. The fraction of sp³-hybridized carbons (Fsp3) is 0.333. The number of nitrogens with one attached hydrogen (secondary N) is 1. The van der Waals surface area contributed by atoms with Gasteiger partial charge in [-0.1, -0.05) is 37.3 Å². The zero-order valence-corrected chi connectivity index (χ0v) is 11.7. The van der Waals surface area contributed by atoms with Crippen molar-refractivity contribution in [2.75, 3.05) is 11.9 Å². The maximum Gasteiger partial charge on any atom is 0.312 e. The molecule has 0 radical (unpaired) electrons. The van der Waals surface area contributed by atoms with Gasteiger partial charge in [0.25, 0.3) is 0 Å². The number of rotatable bonds is 6. The van der Waals surface area contributed by atoms with Gasteiger partial charge in [-0.05, 0) is 12.0 Å². The smallest absolute Gasteiger partial charge is 0.312 e. The van der Waals surface area contributed by atoms with Gasteiger partial charge in [0, 0.05) is 19.8 Å². The van der Waals surface area contributed by atoms with E-state index in [0.29, 0.717) is 6.54 Å². The topological polar surface area (TPSA) is 67.2 Å². The van der Waals surface area contributed by atoms with Crippen LogP contribution < -0.4 is 5.32 Å². The molecule has 0 bridgehead atoms. The quantitative estimate of drug-likeness (QED) is 0.847. The van der Waals surface area contributed by atoms with Crippen LogP contribution in [0, 0.1) is 0 Å². The van der Waals surface area contributed by atoms with Crippen LogP contribution in [0.25, 0.3) is 0 Å². The molecule has 1 aromatic carbocycles. The van der Waals surface area contributed by atoms with E-state index in [2.05, 4.69) is 10.4 Å². The molecule has 0 spiro atoms. The van der Waals surface area contributed by atoms with Gasteiger partial charge in [-0.2, -0.15) is 5.10 Å². The molecule has 0 amide bonds. The van der Waals surface area contributed by atoms with Crippen LogP contribution in [-0.2, 0) is 18.3 Å². The highest BCUT2D eigenvalue weighted by Gasteiger charge is 2.20. The van der Waals surface area contributed by atoms with Crippen LogP contribution in [0.5, 0.6) is 0 Å². The molecule has 1 atom stereocenters. The molecule has 0 saturated heterocycles. The molecule has 0 aliphatic heterocycles. The first-order valence-electron chi connectivity index (χ1n) is 6.66. The maximum atomic E-state index is 11.4. The van der Waals surface area contributed by atoms with E-state index in [1.807, 2.05) is 50.5 Å². The van der Waals surface area contributed by atoms with Crippen LogP contribution in [0.3, 0.4) is 0 Å². The Balaban J connectivity index is 2.12. The van der Waals surface area contributed by atoms with Gasteiger partial charge in [0.2, 0.25) is 0 Å². The number of carboxylic acids is 1. The minimum Gasteiger partial charge on any atom is -0.481 e. The summed E-state index contributed by atoms with van der Waals surface area (Å²) < 4.78 is 1.74. The summed E-state index contributed by atoms with van der Waals surface area (Å²) in [4.78, 5) is 11.4. The number of carboxylic acid groups (broad SMARTS) is 1. The second kappa shape index (κ2) is 6.23. The van der Waals surface area contributed by atoms with E-state index in [9.17, 15) is 9.90 Å². The Labute approximate surface area is 118 Å². The molecule has 5 nitrogen and oxygen atoms in total. The molecule has 1 heterocycles. The van der Waals surface area contributed by atoms with E-state index in [-0.39, 0.29) is 0 Å². The summed E-state index contributed by atoms with van der Waals surface area (Å²) >= 11 is 0. The zero-order chi connectivity index (χ0) is 14.5. The molecule has 0 fully saturated rings. The van der Waals surface area contributed by atoms with Gasteiger partial charge in [-0.25, -0.2) is 0 Å². The van der Waals surface area contributed by atoms with Crippen LogP contribution in [-0.4, -0.2) is 27.4 Å². The average Bonchev–Trinajstić information content (AvgIpc) is 2.80. The van der Waals surface area contributed by atoms with Crippen LogP contribution in [0.15, 0.2) is 36.5 Å². The fourth-order valence-corrected chi connectivity index (χ4v) is 2.19. The Morgan fingerprint density at radius 1 is 1.40 bits per heavy atom. The summed E-state index contributed by atoms with van der Waals surface area (Å²) in [5.74, 6) is -1.40. The normalized spacial score (nSPS) is 12.1. The Bertz CT molecular complexity index is 578. The molecule has 20 heavy (non-hydrogen) atoms. The maximum absolute atomic E-state index is 11.4. The van der Waals surface area contributed by atoms with Gasteiger partial charge < -0.3 is 10.4 Å². The number of anilines is 1. The highest BCUT2D eigenvalue weighted by molar-refractivity contribution is 5.77. The van der Waals surface area contributed by atoms with Crippen molar-refractivity contribution in [2.24, 2.45) is 7.05 Å². The number of hydrogen-bond donors (Lipinski definition) is 2. The van der Waals surface area contributed by atoms with E-state index >= 15 is 0 Å². The standard InChI is InChI=1S/C15H19N3O2/c1-3-13-14(10-18(2)17-13)16-9-12(15(19)20)11-7-5-4-6-8-11/h4-8,10,12,16H,3,9H2,1-2H3,(H,19,20). The lowest BCUT2D eigenvalue weighted by Gasteiger charge is -2.14. The van der Waals surface area contributed by atoms with Crippen molar-refractivity contribution < 1.29 is 9.90 Å². The first-order chi connectivity index (χ1) is 9.61. The molecule has 2 aromatic rings. The fourth-order valence-electron chi connectivity index (χ4n) is 2.19. The van der Waals surface area contributed by atoms with Crippen molar-refractivity contribution in [3.8, 4) is 0 Å². The molecule has 1 aromatic heterocycles. The second-order valence-corrected chi connectivity index (χ2v) is 4.70. The van der Waals surface area contributed by atoms with Crippen molar-refractivity contribution in [1.82, 2.24) is 9.78 Å². The van der Waals surface area contributed by atoms with Crippen molar-refractivity contribution in [3.63, 3.8) is 0 Å². The molecular formula is C15H19N3O2. The summed E-state index contributed by atoms with van der Waals surface area (Å²) in [5.41, 5.74) is 2.65. The molecule has 0 aliphatic rings. The van der Waals surface area contributed by atoms with Crippen LogP contribution in [0.4, 0.5) is 5.69 Å². The van der Waals surface area contributed by atoms with Gasteiger partial charge in [0.1, 0.15) is 0 Å². The van der Waals surface area contributed by atoms with Gasteiger partial charge in [-0.15, -0.1) is 0 Å². The van der Waals surface area contributed by atoms with Crippen LogP contribution >= 0.6 is 0 Å². The van der Waals surface area contributed by atoms with Gasteiger partial charge in [-0.3, -0.25) is 9.48 Å². The number of benzene rings is 1. The van der Waals surface area contributed by atoms with Crippen LogP contribution in [0.1, 0.15) is 24.1 Å². The predicted molar refractivity (Wildman–Crippen MR) is 77.9 cm³/mol. The number of carbonyl (C=O) groups is 1. The monoisotopic (exact) mass is 273 g/mol. The number of nitrogens with zero attached hydrogens (tertiary/aromatic N) is 2. The minimum atomic E-state index is -0.828. The number of aliphatic carboxylic acids is 1. The number of hydrogen-bond acceptors (Lipinski definition) is 3. The summed E-state index contributed by atoms with van der Waals surface area (Å²) in [6, 6.07) is 9.26. The molecule has 2 rings (SSSR count). The lowest BCUT2D eigenvalue weighted by atomic mass is 9.99. The lowest BCUT2D eigenvalue weighted by Crippen LogP contribution is -2.21. The Kier molecular flexibility index (Phi) is 4.40. The summed E-state index contributed by atoms with van der Waals surface area (Å²) in [6.45, 7) is 2.37. The van der Waals surface area contributed by atoms with E-state index < -0.39 is 11.9 Å². The first-order valence-corrected chi connectivity index (χ1v) is 6.66. The molecule has 0 saturated carbocycles. The highest BCUT2D eigenvalue weighted by Crippen LogP contribution is 2.19. The van der Waals surface area contributed by atoms with Gasteiger partial charge in [0.05, 0.1) is 17.3 Å². The van der Waals surface area contributed by atoms with E-state index in [1.54, 1.807) is 4.68 Å². The Hall–Kier alpha value is -2.30. The lowest BCUT2D eigenvalue weighted by molar-refractivity contribution is -0.138. The molecule has 2 N–H and O–H groups in total. The molecule has 1 unspecified atom stereocenters. The van der Waals surface area contributed by atoms with Crippen molar-refractivity contribution in [1.29, 1.82) is 0 Å². The van der Waals surface area contributed by atoms with Crippen molar-refractivity contribution in [2.45, 2.75) is 19.3 Å². The van der Waals surface area contributed by atoms with Gasteiger partial charge >= 0.3 is 5.97 Å². The number of aryl methyl sites for hydroxylation is 2. The third-order valence-electron chi connectivity index (χ3n) is 3.24. The molecular weight excluding hydrogens is 254 g/mol. The molecule has 106 valence electrons. The second-order valence-electron chi connectivity index (χ2n) is 4.70. The highest BCUT2D eigenvalue weighted by atomic mass is 16.4. The first kappa shape index (κ1) is 14.1. The summed E-state index contributed by atoms with van der Waals surface area (Å²) in [7, 11) is 1.86. The average molecular weight is 273 g/mol. The zero-order valence-electron chi connectivity index (χ0n) is 11.7. The Morgan fingerprint density at radius 2 is 2.10 bits per heavy atom.